The second-order valence-electron chi connectivity index (χ2n) is 10.8. The summed E-state index contributed by atoms with van der Waals surface area (Å²) in [5, 5.41) is 4.08. The number of carbonyl (C=O) groups excluding carboxylic acids is 2. The molecule has 7 nitrogen and oxygen atoms in total. The van der Waals surface area contributed by atoms with Crippen molar-refractivity contribution in [2.75, 3.05) is 10.8 Å². The number of anilines is 1. The fourth-order valence-electron chi connectivity index (χ4n) is 5.26. The molecular formula is C32H36Cl3N3O4S. The van der Waals surface area contributed by atoms with Gasteiger partial charge >= 0.3 is 0 Å². The molecule has 0 spiro atoms. The summed E-state index contributed by atoms with van der Waals surface area (Å²) >= 11 is 18.5. The number of sulfonamides is 1. The number of amides is 2. The third kappa shape index (κ3) is 8.44. The monoisotopic (exact) mass is 663 g/mol. The first-order valence-corrected chi connectivity index (χ1v) is 17.0. The van der Waals surface area contributed by atoms with Gasteiger partial charge in [-0.15, -0.1) is 0 Å². The second-order valence-corrected chi connectivity index (χ2v) is 14.0. The van der Waals surface area contributed by atoms with Crippen LogP contribution in [0, 0.1) is 6.92 Å². The zero-order valence-corrected chi connectivity index (χ0v) is 27.3. The number of carbonyl (C=O) groups is 2. The van der Waals surface area contributed by atoms with Crippen LogP contribution in [-0.2, 0) is 26.2 Å². The highest BCUT2D eigenvalue weighted by atomic mass is 35.5. The smallest absolute Gasteiger partial charge is 0.264 e. The maximum Gasteiger partial charge on any atom is 0.264 e. The molecule has 11 heteroatoms. The summed E-state index contributed by atoms with van der Waals surface area (Å²) in [5.74, 6) is -0.790. The Balaban J connectivity index is 1.72. The van der Waals surface area contributed by atoms with Crippen LogP contribution in [0.25, 0.3) is 0 Å². The summed E-state index contributed by atoms with van der Waals surface area (Å²) in [6.45, 7) is 3.23. The molecule has 3 aromatic carbocycles. The topological polar surface area (TPSA) is 86.8 Å². The molecule has 1 saturated carbocycles. The molecule has 0 aliphatic heterocycles. The molecular weight excluding hydrogens is 629 g/mol. The molecule has 0 saturated heterocycles. The van der Waals surface area contributed by atoms with Gasteiger partial charge < -0.3 is 10.2 Å². The minimum atomic E-state index is -4.22. The molecule has 4 rings (SSSR count). The Bertz CT molecular complexity index is 1530. The predicted molar refractivity (Wildman–Crippen MR) is 173 cm³/mol. The number of hydrogen-bond acceptors (Lipinski definition) is 4. The number of aryl methyl sites for hydroxylation is 1. The summed E-state index contributed by atoms with van der Waals surface area (Å²) in [6, 6.07) is 17.0. The molecule has 230 valence electrons. The van der Waals surface area contributed by atoms with E-state index in [9.17, 15) is 18.0 Å². The molecule has 1 atom stereocenters. The maximum atomic E-state index is 14.2. The van der Waals surface area contributed by atoms with Crippen LogP contribution < -0.4 is 9.62 Å². The fourth-order valence-corrected chi connectivity index (χ4v) is 7.08. The number of nitrogens with zero attached hydrogens (tertiary/aromatic N) is 2. The maximum absolute atomic E-state index is 14.2. The van der Waals surface area contributed by atoms with Crippen molar-refractivity contribution in [1.82, 2.24) is 10.2 Å². The number of hydrogen-bond donors (Lipinski definition) is 1. The van der Waals surface area contributed by atoms with Crippen molar-refractivity contribution in [3.63, 3.8) is 0 Å². The van der Waals surface area contributed by atoms with Gasteiger partial charge in [0.15, 0.2) is 0 Å². The van der Waals surface area contributed by atoms with Gasteiger partial charge in [-0.25, -0.2) is 8.42 Å². The molecule has 0 unspecified atom stereocenters. The van der Waals surface area contributed by atoms with E-state index in [2.05, 4.69) is 5.32 Å². The standard InChI is InChI=1S/C32H36Cl3N3O4S/c1-3-30(32(40)36-25-7-5-4-6-8-25)37(20-23-11-13-24(33)14-12-23)31(39)21-38(26-15-18-28(34)29(35)19-26)43(41,42)27-16-9-22(2)10-17-27/h9-19,25,30H,3-8,20-21H2,1-2H3,(H,36,40)/t30-/m0/s1. The molecule has 1 aliphatic rings. The van der Waals surface area contributed by atoms with E-state index in [-0.39, 0.29) is 39.1 Å². The SMILES string of the molecule is CC[C@@H](C(=O)NC1CCCCC1)N(Cc1ccc(Cl)cc1)C(=O)CN(c1ccc(Cl)c(Cl)c1)S(=O)(=O)c1ccc(C)cc1. The summed E-state index contributed by atoms with van der Waals surface area (Å²) in [6.07, 6.45) is 5.37. The van der Waals surface area contributed by atoms with Crippen molar-refractivity contribution in [2.24, 2.45) is 0 Å². The fraction of sp³-hybridized carbons (Fsp3) is 0.375. The second kappa shape index (κ2) is 14.8. The third-order valence-corrected chi connectivity index (χ3v) is 10.5. The van der Waals surface area contributed by atoms with Crippen molar-refractivity contribution >= 4 is 62.3 Å². The average Bonchev–Trinajstić information content (AvgIpc) is 2.99. The highest BCUT2D eigenvalue weighted by molar-refractivity contribution is 7.92. The molecule has 0 bridgehead atoms. The van der Waals surface area contributed by atoms with E-state index < -0.39 is 28.5 Å². The van der Waals surface area contributed by atoms with Crippen LogP contribution in [-0.4, -0.2) is 43.8 Å². The van der Waals surface area contributed by atoms with Crippen LogP contribution in [0.4, 0.5) is 5.69 Å². The summed E-state index contributed by atoms with van der Waals surface area (Å²) in [7, 11) is -4.22. The average molecular weight is 665 g/mol. The van der Waals surface area contributed by atoms with Crippen molar-refractivity contribution < 1.29 is 18.0 Å². The summed E-state index contributed by atoms with van der Waals surface area (Å²) < 4.78 is 29.0. The first-order valence-electron chi connectivity index (χ1n) is 14.4. The van der Waals surface area contributed by atoms with Gasteiger partial charge in [-0.3, -0.25) is 13.9 Å². The minimum absolute atomic E-state index is 0.0170. The Hall–Kier alpha value is -2.78. The van der Waals surface area contributed by atoms with Crippen molar-refractivity contribution in [3.05, 3.63) is 92.9 Å². The van der Waals surface area contributed by atoms with Crippen LogP contribution in [0.15, 0.2) is 71.6 Å². The van der Waals surface area contributed by atoms with E-state index in [1.165, 1.54) is 35.2 Å². The Kier molecular flexibility index (Phi) is 11.4. The quantitative estimate of drug-likeness (QED) is 0.231. The van der Waals surface area contributed by atoms with Gasteiger partial charge in [-0.2, -0.15) is 0 Å². The number of benzene rings is 3. The van der Waals surface area contributed by atoms with Gasteiger partial charge in [-0.05, 0) is 74.2 Å². The Morgan fingerprint density at radius 3 is 2.16 bits per heavy atom. The van der Waals surface area contributed by atoms with Gasteiger partial charge in [0.25, 0.3) is 10.0 Å². The van der Waals surface area contributed by atoms with Gasteiger partial charge in [0.05, 0.1) is 20.6 Å². The molecule has 2 amide bonds. The van der Waals surface area contributed by atoms with E-state index in [1.54, 1.807) is 36.4 Å². The van der Waals surface area contributed by atoms with E-state index in [0.717, 1.165) is 47.5 Å². The van der Waals surface area contributed by atoms with Gasteiger partial charge in [0, 0.05) is 17.6 Å². The number of halogens is 3. The van der Waals surface area contributed by atoms with E-state index in [4.69, 9.17) is 34.8 Å². The van der Waals surface area contributed by atoms with Crippen LogP contribution >= 0.6 is 34.8 Å². The zero-order chi connectivity index (χ0) is 31.1. The van der Waals surface area contributed by atoms with Gasteiger partial charge in [-0.1, -0.05) is 90.8 Å². The molecule has 0 radical (unpaired) electrons. The molecule has 1 fully saturated rings. The van der Waals surface area contributed by atoms with Crippen molar-refractivity contribution in [2.45, 2.75) is 75.9 Å². The number of rotatable bonds is 11. The van der Waals surface area contributed by atoms with Crippen LogP contribution in [0.1, 0.15) is 56.6 Å². The molecule has 3 aromatic rings. The van der Waals surface area contributed by atoms with Crippen molar-refractivity contribution in [3.8, 4) is 0 Å². The number of nitrogens with one attached hydrogen (secondary N) is 1. The van der Waals surface area contributed by atoms with E-state index in [0.29, 0.717) is 11.4 Å². The summed E-state index contributed by atoms with van der Waals surface area (Å²) in [4.78, 5) is 29.3. The Labute approximate surface area is 269 Å². The highest BCUT2D eigenvalue weighted by Gasteiger charge is 2.34. The Morgan fingerprint density at radius 2 is 1.56 bits per heavy atom. The van der Waals surface area contributed by atoms with Crippen LogP contribution in [0.5, 0.6) is 0 Å². The minimum Gasteiger partial charge on any atom is -0.352 e. The van der Waals surface area contributed by atoms with Gasteiger partial charge in [0.2, 0.25) is 11.8 Å². The lowest BCUT2D eigenvalue weighted by Gasteiger charge is -2.34. The van der Waals surface area contributed by atoms with Crippen LogP contribution in [0.2, 0.25) is 15.1 Å². The first kappa shape index (κ1) is 33.1. The molecule has 0 heterocycles. The summed E-state index contributed by atoms with van der Waals surface area (Å²) in [5.41, 5.74) is 1.82. The molecule has 43 heavy (non-hydrogen) atoms. The molecule has 0 aromatic heterocycles. The lowest BCUT2D eigenvalue weighted by molar-refractivity contribution is -0.140. The Morgan fingerprint density at radius 1 is 0.907 bits per heavy atom. The third-order valence-electron chi connectivity index (χ3n) is 7.68. The lowest BCUT2D eigenvalue weighted by Crippen LogP contribution is -2.54. The normalized spacial score (nSPS) is 14.6. The lowest BCUT2D eigenvalue weighted by atomic mass is 9.95. The van der Waals surface area contributed by atoms with E-state index >= 15 is 0 Å². The highest BCUT2D eigenvalue weighted by Crippen LogP contribution is 2.31. The van der Waals surface area contributed by atoms with E-state index in [1.807, 2.05) is 13.8 Å². The van der Waals surface area contributed by atoms with Crippen molar-refractivity contribution in [1.29, 1.82) is 0 Å². The van der Waals surface area contributed by atoms with Gasteiger partial charge in [0.1, 0.15) is 12.6 Å². The zero-order valence-electron chi connectivity index (χ0n) is 24.2. The van der Waals surface area contributed by atoms with Crippen LogP contribution in [0.3, 0.4) is 0 Å². The molecule has 1 aliphatic carbocycles. The predicted octanol–water partition coefficient (Wildman–Crippen LogP) is 7.41. The first-order chi connectivity index (χ1) is 20.5. The largest absolute Gasteiger partial charge is 0.352 e. The molecule has 1 N–H and O–H groups in total.